The Morgan fingerprint density at radius 3 is 2.60 bits per heavy atom. The quantitative estimate of drug-likeness (QED) is 0.334. The number of carbonyl (C=O) groups is 1. The topological polar surface area (TPSA) is 43.4 Å². The predicted molar refractivity (Wildman–Crippen MR) is 40.7 cm³/mol. The number of rotatable bonds is 1. The summed E-state index contributed by atoms with van der Waals surface area (Å²) in [6.07, 6.45) is 1.64. The minimum atomic E-state index is -0.813. The molecule has 0 N–H and O–H groups in total. The van der Waals surface area contributed by atoms with E-state index in [-0.39, 0.29) is 5.25 Å². The lowest BCUT2D eigenvalue weighted by Gasteiger charge is -2.36. The third-order valence-electron chi connectivity index (χ3n) is 1.57. The predicted octanol–water partition coefficient (Wildman–Crippen LogP) is 0.408. The van der Waals surface area contributed by atoms with Crippen LogP contribution < -0.4 is 0 Å². The van der Waals surface area contributed by atoms with Gasteiger partial charge in [0.25, 0.3) is 0 Å². The zero-order valence-corrected chi connectivity index (χ0v) is 7.11. The van der Waals surface area contributed by atoms with Crippen molar-refractivity contribution in [2.24, 2.45) is 0 Å². The zero-order valence-electron chi connectivity index (χ0n) is 5.54. The number of nitrogens with zero attached hydrogens (tertiary/aromatic N) is 1. The highest BCUT2D eigenvalue weighted by atomic mass is 35.5. The van der Waals surface area contributed by atoms with Crippen LogP contribution in [0.5, 0.6) is 0 Å². The smallest absolute Gasteiger partial charge is 0.316 e. The van der Waals surface area contributed by atoms with Crippen molar-refractivity contribution in [1.82, 2.24) is 4.90 Å². The van der Waals surface area contributed by atoms with Crippen LogP contribution in [-0.2, 0) is 11.2 Å². The number of hydrogen-bond acceptors (Lipinski definition) is 2. The lowest BCUT2D eigenvalue weighted by atomic mass is 10.2. The van der Waals surface area contributed by atoms with Crippen LogP contribution >= 0.6 is 11.6 Å². The summed E-state index contributed by atoms with van der Waals surface area (Å²) in [4.78, 5) is 11.9. The molecule has 1 amide bonds. The third-order valence-corrected chi connectivity index (χ3v) is 3.04. The Balaban J connectivity index is 2.24. The molecule has 3 nitrogen and oxygen atoms in total. The Hall–Kier alpha value is 0.0700. The summed E-state index contributed by atoms with van der Waals surface area (Å²) in [6.45, 7) is 1.09. The highest BCUT2D eigenvalue weighted by molar-refractivity contribution is 7.91. The molecule has 1 aliphatic heterocycles. The molecule has 0 saturated carbocycles. The van der Waals surface area contributed by atoms with Gasteiger partial charge in [-0.2, -0.15) is 0 Å². The van der Waals surface area contributed by atoms with Gasteiger partial charge in [0.05, 0.1) is 19.3 Å². The standard InChI is InChI=1S/C5H8ClNO2S/c1-10(9)4-2-7(3-4)5(6)8/h4H,2-3H2,1H3. The molecule has 5 heteroatoms. The average molecular weight is 182 g/mol. The second-order valence-electron chi connectivity index (χ2n) is 2.28. The number of carbonyl (C=O) groups excluding carboxylic acids is 1. The van der Waals surface area contributed by atoms with Crippen LogP contribution in [0.4, 0.5) is 4.79 Å². The molecule has 0 aromatic rings. The van der Waals surface area contributed by atoms with E-state index in [1.807, 2.05) is 0 Å². The Morgan fingerprint density at radius 2 is 2.30 bits per heavy atom. The van der Waals surface area contributed by atoms with Crippen LogP contribution in [0.25, 0.3) is 0 Å². The molecule has 1 unspecified atom stereocenters. The molecule has 1 atom stereocenters. The summed E-state index contributed by atoms with van der Waals surface area (Å²) in [5.74, 6) is 0. The van der Waals surface area contributed by atoms with Crippen LogP contribution in [0, 0.1) is 0 Å². The fraction of sp³-hybridized carbons (Fsp3) is 0.800. The summed E-state index contributed by atoms with van der Waals surface area (Å²) in [5, 5.41) is -0.301. The first-order valence-electron chi connectivity index (χ1n) is 2.88. The van der Waals surface area contributed by atoms with Crippen molar-refractivity contribution in [3.8, 4) is 0 Å². The van der Waals surface area contributed by atoms with Crippen molar-refractivity contribution in [2.45, 2.75) is 5.25 Å². The van der Waals surface area contributed by atoms with Crippen molar-refractivity contribution in [1.29, 1.82) is 0 Å². The van der Waals surface area contributed by atoms with E-state index >= 15 is 0 Å². The molecule has 0 aliphatic carbocycles. The highest BCUT2D eigenvalue weighted by Crippen LogP contribution is 2.16. The van der Waals surface area contributed by atoms with Crippen molar-refractivity contribution in [3.63, 3.8) is 0 Å². The number of hydrogen-bond donors (Lipinski definition) is 0. The lowest BCUT2D eigenvalue weighted by molar-refractivity contribution is 0.193. The highest BCUT2D eigenvalue weighted by Gasteiger charge is 2.36. The van der Waals surface area contributed by atoms with Crippen LogP contribution in [0.1, 0.15) is 0 Å². The van der Waals surface area contributed by atoms with Crippen molar-refractivity contribution < 1.29 is 9.35 Å². The van der Waals surface area contributed by atoms with Crippen LogP contribution in [-0.4, -0.2) is 39.4 Å². The lowest BCUT2D eigenvalue weighted by Crippen LogP contribution is -2.55. The Morgan fingerprint density at radius 1 is 1.80 bits per heavy atom. The van der Waals surface area contributed by atoms with Gasteiger partial charge in [0.1, 0.15) is 5.25 Å². The van der Waals surface area contributed by atoms with Gasteiger partial charge >= 0.3 is 5.37 Å². The molecule has 0 radical (unpaired) electrons. The average Bonchev–Trinajstić information content (AvgIpc) is 1.56. The van der Waals surface area contributed by atoms with E-state index in [2.05, 4.69) is 0 Å². The summed E-state index contributed by atoms with van der Waals surface area (Å²) in [7, 11) is 0. The van der Waals surface area contributed by atoms with Gasteiger partial charge in [0, 0.05) is 0 Å². The first-order valence-corrected chi connectivity index (χ1v) is 4.88. The molecule has 0 spiro atoms. The van der Waals surface area contributed by atoms with Gasteiger partial charge in [0.15, 0.2) is 0 Å². The normalized spacial score (nSPS) is 22.1. The summed E-state index contributed by atoms with van der Waals surface area (Å²) < 4.78 is 10.7. The first kappa shape index (κ1) is 8.17. The maximum atomic E-state index is 10.7. The van der Waals surface area contributed by atoms with Crippen LogP contribution in [0.15, 0.2) is 0 Å². The van der Waals surface area contributed by atoms with Crippen LogP contribution in [0.3, 0.4) is 0 Å². The van der Waals surface area contributed by atoms with Gasteiger partial charge in [-0.15, -0.1) is 0 Å². The van der Waals surface area contributed by atoms with E-state index in [9.17, 15) is 9.35 Å². The van der Waals surface area contributed by atoms with Gasteiger partial charge in [-0.3, -0.25) is 4.79 Å². The van der Waals surface area contributed by atoms with Gasteiger partial charge in [0.2, 0.25) is 0 Å². The number of halogens is 1. The van der Waals surface area contributed by atoms with Crippen LogP contribution in [0.2, 0.25) is 0 Å². The van der Waals surface area contributed by atoms with Gasteiger partial charge in [-0.1, -0.05) is 11.2 Å². The monoisotopic (exact) mass is 181 g/mol. The van der Waals surface area contributed by atoms with Crippen molar-refractivity contribution in [3.05, 3.63) is 0 Å². The second kappa shape index (κ2) is 2.98. The third kappa shape index (κ3) is 1.56. The Kier molecular flexibility index (Phi) is 2.44. The van der Waals surface area contributed by atoms with Crippen molar-refractivity contribution >= 4 is 28.1 Å². The van der Waals surface area contributed by atoms with Gasteiger partial charge in [-0.25, -0.2) is 0 Å². The van der Waals surface area contributed by atoms with E-state index in [1.165, 1.54) is 4.90 Å². The summed E-state index contributed by atoms with van der Waals surface area (Å²) >= 11 is 4.32. The Bertz CT molecular complexity index is 147. The first-order chi connectivity index (χ1) is 4.61. The van der Waals surface area contributed by atoms with E-state index < -0.39 is 16.5 Å². The molecule has 10 heavy (non-hydrogen) atoms. The molecular weight excluding hydrogens is 174 g/mol. The number of likely N-dealkylation sites (tertiary alicyclic amines) is 1. The molecule has 1 saturated heterocycles. The van der Waals surface area contributed by atoms with Gasteiger partial charge in [-0.05, 0) is 11.6 Å². The molecule has 0 aromatic carbocycles. The van der Waals surface area contributed by atoms with E-state index in [0.717, 1.165) is 0 Å². The summed E-state index contributed by atoms with van der Waals surface area (Å²) in [6, 6.07) is 0. The van der Waals surface area contributed by atoms with E-state index in [4.69, 9.17) is 11.6 Å². The zero-order chi connectivity index (χ0) is 7.72. The second-order valence-corrected chi connectivity index (χ2v) is 4.27. The molecule has 1 rings (SSSR count). The maximum absolute atomic E-state index is 10.7. The SMILES string of the molecule is C[S+]([O-])C1CN(C(=O)Cl)C1. The molecule has 0 aromatic heterocycles. The largest absolute Gasteiger partial charge is 0.616 e. The molecule has 0 bridgehead atoms. The van der Waals surface area contributed by atoms with Gasteiger partial charge < -0.3 is 9.45 Å². The Labute approximate surface area is 67.5 Å². The fourth-order valence-electron chi connectivity index (χ4n) is 0.792. The van der Waals surface area contributed by atoms with E-state index in [1.54, 1.807) is 6.26 Å². The number of amides is 1. The molecule has 1 fully saturated rings. The molecule has 1 aliphatic rings. The van der Waals surface area contributed by atoms with E-state index in [0.29, 0.717) is 13.1 Å². The summed E-state index contributed by atoms with van der Waals surface area (Å²) in [5.41, 5.74) is 0. The van der Waals surface area contributed by atoms with Crippen molar-refractivity contribution in [2.75, 3.05) is 19.3 Å². The molecular formula is C5H8ClNO2S. The fourth-order valence-corrected chi connectivity index (χ4v) is 1.71. The maximum Gasteiger partial charge on any atom is 0.316 e. The molecule has 58 valence electrons. The minimum Gasteiger partial charge on any atom is -0.616 e. The minimum absolute atomic E-state index is 0.141. The molecule has 1 heterocycles.